The largest absolute Gasteiger partial charge is 0.490 e. The number of benzene rings is 2. The molecule has 0 aliphatic heterocycles. The molecule has 1 amide bonds. The molecule has 132 valence electrons. The number of halogens is 2. The van der Waals surface area contributed by atoms with Crippen LogP contribution in [0.15, 0.2) is 42.5 Å². The first-order valence-electron chi connectivity index (χ1n) is 7.05. The summed E-state index contributed by atoms with van der Waals surface area (Å²) >= 11 is 0. The highest BCUT2D eigenvalue weighted by atomic mass is 19.3. The summed E-state index contributed by atoms with van der Waals surface area (Å²) in [4.78, 5) is 22.5. The summed E-state index contributed by atoms with van der Waals surface area (Å²) in [5.41, 5.74) is 0.282. The van der Waals surface area contributed by atoms with Gasteiger partial charge in [-0.05, 0) is 29.8 Å². The number of hydrogen-bond acceptors (Lipinski definition) is 5. The van der Waals surface area contributed by atoms with Gasteiger partial charge in [-0.15, -0.1) is 0 Å². The van der Waals surface area contributed by atoms with Crippen molar-refractivity contribution in [2.75, 3.05) is 7.11 Å². The second kappa shape index (κ2) is 8.04. The van der Waals surface area contributed by atoms with Gasteiger partial charge in [-0.2, -0.15) is 8.78 Å². The van der Waals surface area contributed by atoms with E-state index in [-0.39, 0.29) is 29.3 Å². The zero-order chi connectivity index (χ0) is 18.4. The number of alkyl halides is 2. The van der Waals surface area contributed by atoms with Crippen molar-refractivity contribution in [3.8, 4) is 11.5 Å². The summed E-state index contributed by atoms with van der Waals surface area (Å²) in [6.45, 7) is -2.90. The van der Waals surface area contributed by atoms with Gasteiger partial charge in [0.1, 0.15) is 5.75 Å². The van der Waals surface area contributed by atoms with Crippen LogP contribution in [0.2, 0.25) is 0 Å². The van der Waals surface area contributed by atoms with E-state index in [2.05, 4.69) is 10.1 Å². The van der Waals surface area contributed by atoms with E-state index in [1.54, 1.807) is 6.07 Å². The van der Waals surface area contributed by atoms with Gasteiger partial charge in [0.15, 0.2) is 5.75 Å². The van der Waals surface area contributed by atoms with E-state index < -0.39 is 17.4 Å². The first-order chi connectivity index (χ1) is 11.9. The quantitative estimate of drug-likeness (QED) is 0.611. The molecule has 2 aromatic carbocycles. The highest BCUT2D eigenvalue weighted by Gasteiger charge is 2.18. The molecule has 0 radical (unpaired) electrons. The van der Waals surface area contributed by atoms with Crippen LogP contribution in [-0.4, -0.2) is 24.6 Å². The second-order valence-electron chi connectivity index (χ2n) is 4.85. The van der Waals surface area contributed by atoms with Gasteiger partial charge in [0.05, 0.1) is 12.0 Å². The smallest absolute Gasteiger partial charge is 0.387 e. The SMILES string of the molecule is COc1ccc(C(=O)NCc2cccc(OC(F)F)c2)cc1[N+](=O)[O-]. The molecule has 0 unspecified atom stereocenters. The molecule has 2 rings (SSSR count). The fourth-order valence-corrected chi connectivity index (χ4v) is 2.09. The lowest BCUT2D eigenvalue weighted by Gasteiger charge is -2.09. The number of methoxy groups -OCH3 is 1. The minimum absolute atomic E-state index is 0.0261. The van der Waals surface area contributed by atoms with Crippen molar-refractivity contribution in [3.05, 3.63) is 63.7 Å². The van der Waals surface area contributed by atoms with Crippen LogP contribution in [0.4, 0.5) is 14.5 Å². The normalized spacial score (nSPS) is 10.4. The summed E-state index contributed by atoms with van der Waals surface area (Å²) < 4.78 is 33.5. The maximum Gasteiger partial charge on any atom is 0.387 e. The summed E-state index contributed by atoms with van der Waals surface area (Å²) in [5, 5.41) is 13.5. The number of rotatable bonds is 7. The Morgan fingerprint density at radius 2 is 2.04 bits per heavy atom. The van der Waals surface area contributed by atoms with Crippen LogP contribution in [0.3, 0.4) is 0 Å². The number of nitro groups is 1. The third-order valence-electron chi connectivity index (χ3n) is 3.21. The van der Waals surface area contributed by atoms with E-state index in [1.165, 1.54) is 37.4 Å². The minimum atomic E-state index is -2.94. The molecule has 1 N–H and O–H groups in total. The van der Waals surface area contributed by atoms with Crippen LogP contribution < -0.4 is 14.8 Å². The van der Waals surface area contributed by atoms with Crippen molar-refractivity contribution < 1.29 is 28.0 Å². The van der Waals surface area contributed by atoms with Crippen molar-refractivity contribution in [2.45, 2.75) is 13.2 Å². The molecule has 2 aromatic rings. The molecular weight excluding hydrogens is 338 g/mol. The van der Waals surface area contributed by atoms with Crippen molar-refractivity contribution in [1.82, 2.24) is 5.32 Å². The Morgan fingerprint density at radius 3 is 2.68 bits per heavy atom. The van der Waals surface area contributed by atoms with Crippen LogP contribution in [0.5, 0.6) is 11.5 Å². The van der Waals surface area contributed by atoms with Crippen LogP contribution >= 0.6 is 0 Å². The Labute approximate surface area is 141 Å². The van der Waals surface area contributed by atoms with Crippen LogP contribution in [0.1, 0.15) is 15.9 Å². The fourth-order valence-electron chi connectivity index (χ4n) is 2.09. The monoisotopic (exact) mass is 352 g/mol. The summed E-state index contributed by atoms with van der Waals surface area (Å²) in [6.07, 6.45) is 0. The number of carbonyl (C=O) groups is 1. The van der Waals surface area contributed by atoms with Crippen molar-refractivity contribution in [2.24, 2.45) is 0 Å². The van der Waals surface area contributed by atoms with Gasteiger partial charge >= 0.3 is 12.3 Å². The van der Waals surface area contributed by atoms with Gasteiger partial charge in [-0.1, -0.05) is 12.1 Å². The zero-order valence-electron chi connectivity index (χ0n) is 13.1. The molecule has 0 aliphatic carbocycles. The number of carbonyl (C=O) groups excluding carboxylic acids is 1. The highest BCUT2D eigenvalue weighted by molar-refractivity contribution is 5.95. The van der Waals surface area contributed by atoms with Crippen LogP contribution in [-0.2, 0) is 6.54 Å². The molecular formula is C16H14F2N2O5. The average molecular weight is 352 g/mol. The standard InChI is InChI=1S/C16H14F2N2O5/c1-24-14-6-5-11(8-13(14)20(22)23)15(21)19-9-10-3-2-4-12(7-10)25-16(17)18/h2-8,16H,9H2,1H3,(H,19,21). The van der Waals surface area contributed by atoms with Gasteiger partial charge in [0, 0.05) is 18.2 Å². The van der Waals surface area contributed by atoms with E-state index in [0.29, 0.717) is 5.56 Å². The Hall–Kier alpha value is -3.23. The molecule has 0 bridgehead atoms. The Bertz CT molecular complexity index is 783. The van der Waals surface area contributed by atoms with Gasteiger partial charge in [-0.25, -0.2) is 0 Å². The molecule has 7 nitrogen and oxygen atoms in total. The molecule has 0 aromatic heterocycles. The average Bonchev–Trinajstić information content (AvgIpc) is 2.58. The number of ether oxygens (including phenoxy) is 2. The number of nitrogens with zero attached hydrogens (tertiary/aromatic N) is 1. The lowest BCUT2D eigenvalue weighted by atomic mass is 10.1. The number of hydrogen-bond donors (Lipinski definition) is 1. The Balaban J connectivity index is 2.08. The summed E-state index contributed by atoms with van der Waals surface area (Å²) in [6, 6.07) is 9.67. The van der Waals surface area contributed by atoms with E-state index in [0.717, 1.165) is 6.07 Å². The lowest BCUT2D eigenvalue weighted by molar-refractivity contribution is -0.385. The Morgan fingerprint density at radius 1 is 1.28 bits per heavy atom. The van der Waals surface area contributed by atoms with Gasteiger partial charge in [-0.3, -0.25) is 14.9 Å². The summed E-state index contributed by atoms with van der Waals surface area (Å²) in [5.74, 6) is -0.536. The van der Waals surface area contributed by atoms with Gasteiger partial charge < -0.3 is 14.8 Å². The molecule has 0 saturated heterocycles. The van der Waals surface area contributed by atoms with Crippen LogP contribution in [0, 0.1) is 10.1 Å². The van der Waals surface area contributed by atoms with Crippen molar-refractivity contribution >= 4 is 11.6 Å². The predicted octanol–water partition coefficient (Wildman–Crippen LogP) is 3.13. The van der Waals surface area contributed by atoms with Crippen molar-refractivity contribution in [1.29, 1.82) is 0 Å². The maximum absolute atomic E-state index is 12.2. The van der Waals surface area contributed by atoms with Gasteiger partial charge in [0.25, 0.3) is 5.91 Å². The topological polar surface area (TPSA) is 90.7 Å². The number of amides is 1. The molecule has 0 saturated carbocycles. The van der Waals surface area contributed by atoms with Crippen LogP contribution in [0.25, 0.3) is 0 Å². The van der Waals surface area contributed by atoms with Crippen molar-refractivity contribution in [3.63, 3.8) is 0 Å². The fraction of sp³-hybridized carbons (Fsp3) is 0.188. The molecule has 0 spiro atoms. The maximum atomic E-state index is 12.2. The van der Waals surface area contributed by atoms with E-state index >= 15 is 0 Å². The van der Waals surface area contributed by atoms with E-state index in [1.807, 2.05) is 0 Å². The van der Waals surface area contributed by atoms with E-state index in [4.69, 9.17) is 4.74 Å². The van der Waals surface area contributed by atoms with Gasteiger partial charge in [0.2, 0.25) is 0 Å². The summed E-state index contributed by atoms with van der Waals surface area (Å²) in [7, 11) is 1.29. The molecule has 0 atom stereocenters. The van der Waals surface area contributed by atoms with E-state index in [9.17, 15) is 23.7 Å². The first kappa shape index (κ1) is 18.1. The molecule has 25 heavy (non-hydrogen) atoms. The number of nitrogens with one attached hydrogen (secondary N) is 1. The first-order valence-corrected chi connectivity index (χ1v) is 7.05. The third-order valence-corrected chi connectivity index (χ3v) is 3.21. The number of nitro benzene ring substituents is 1. The second-order valence-corrected chi connectivity index (χ2v) is 4.85. The molecule has 0 heterocycles. The minimum Gasteiger partial charge on any atom is -0.490 e. The Kier molecular flexibility index (Phi) is 5.83. The zero-order valence-corrected chi connectivity index (χ0v) is 13.1. The molecule has 9 heteroatoms. The molecule has 0 fully saturated rings. The third kappa shape index (κ3) is 4.87. The predicted molar refractivity (Wildman–Crippen MR) is 83.9 cm³/mol. The lowest BCUT2D eigenvalue weighted by Crippen LogP contribution is -2.22. The molecule has 0 aliphatic rings. The highest BCUT2D eigenvalue weighted by Crippen LogP contribution is 2.27.